The van der Waals surface area contributed by atoms with Gasteiger partial charge in [0.1, 0.15) is 0 Å². The van der Waals surface area contributed by atoms with Gasteiger partial charge in [0.2, 0.25) is 0 Å². The van der Waals surface area contributed by atoms with Crippen molar-refractivity contribution in [1.29, 1.82) is 0 Å². The molecular formula is C19H15N3O3S. The summed E-state index contributed by atoms with van der Waals surface area (Å²) in [6.07, 6.45) is 4.85. The SMILES string of the molecule is Cc1cccc(N=C2NC(=O)/C(=C\C=C\c3ccccc3[N+](=O)[O-])S2)c1. The number of carbonyl (C=O) groups excluding carboxylic acids is 1. The van der Waals surface area contributed by atoms with Crippen LogP contribution in [-0.2, 0) is 4.79 Å². The molecule has 0 atom stereocenters. The second-order valence-corrected chi connectivity index (χ2v) is 6.55. The Balaban J connectivity index is 1.76. The molecule has 1 amide bonds. The van der Waals surface area contributed by atoms with Gasteiger partial charge in [-0.3, -0.25) is 14.9 Å². The first-order chi connectivity index (χ1) is 12.5. The van der Waals surface area contributed by atoms with E-state index in [1.54, 1.807) is 36.4 Å². The third-order valence-electron chi connectivity index (χ3n) is 3.54. The summed E-state index contributed by atoms with van der Waals surface area (Å²) in [6, 6.07) is 14.1. The Morgan fingerprint density at radius 3 is 2.77 bits per heavy atom. The summed E-state index contributed by atoms with van der Waals surface area (Å²) in [5.74, 6) is -0.242. The normalized spacial score (nSPS) is 17.2. The van der Waals surface area contributed by atoms with Crippen LogP contribution in [-0.4, -0.2) is 16.0 Å². The predicted molar refractivity (Wildman–Crippen MR) is 104 cm³/mol. The van der Waals surface area contributed by atoms with Crippen molar-refractivity contribution in [3.63, 3.8) is 0 Å². The smallest absolute Gasteiger partial charge is 0.276 e. The number of nitro benzene ring substituents is 1. The molecule has 26 heavy (non-hydrogen) atoms. The van der Waals surface area contributed by atoms with E-state index in [-0.39, 0.29) is 11.6 Å². The molecule has 0 bridgehead atoms. The summed E-state index contributed by atoms with van der Waals surface area (Å²) in [5.41, 5.74) is 2.35. The number of hydrogen-bond acceptors (Lipinski definition) is 5. The molecule has 2 aromatic rings. The molecule has 1 heterocycles. The van der Waals surface area contributed by atoms with Crippen LogP contribution >= 0.6 is 11.8 Å². The highest BCUT2D eigenvalue weighted by atomic mass is 32.2. The lowest BCUT2D eigenvalue weighted by atomic mass is 10.1. The lowest BCUT2D eigenvalue weighted by Crippen LogP contribution is -2.19. The van der Waals surface area contributed by atoms with Gasteiger partial charge in [-0.2, -0.15) is 0 Å². The maximum absolute atomic E-state index is 12.0. The van der Waals surface area contributed by atoms with E-state index in [2.05, 4.69) is 10.3 Å². The number of aliphatic imine (C=N–C) groups is 1. The van der Waals surface area contributed by atoms with Gasteiger partial charge in [0.05, 0.1) is 21.1 Å². The van der Waals surface area contributed by atoms with Crippen LogP contribution in [0.2, 0.25) is 0 Å². The highest BCUT2D eigenvalue weighted by Gasteiger charge is 2.23. The van der Waals surface area contributed by atoms with Crippen molar-refractivity contribution >= 4 is 40.3 Å². The predicted octanol–water partition coefficient (Wildman–Crippen LogP) is 4.35. The largest absolute Gasteiger partial charge is 0.300 e. The Morgan fingerprint density at radius 2 is 2.00 bits per heavy atom. The minimum Gasteiger partial charge on any atom is -0.300 e. The Labute approximate surface area is 154 Å². The molecule has 1 fully saturated rings. The maximum Gasteiger partial charge on any atom is 0.276 e. The number of benzene rings is 2. The van der Waals surface area contributed by atoms with E-state index in [4.69, 9.17) is 0 Å². The molecule has 130 valence electrons. The first-order valence-electron chi connectivity index (χ1n) is 7.79. The van der Waals surface area contributed by atoms with Crippen LogP contribution < -0.4 is 5.32 Å². The molecule has 0 aromatic heterocycles. The van der Waals surface area contributed by atoms with E-state index in [1.807, 2.05) is 31.2 Å². The zero-order valence-electron chi connectivity index (χ0n) is 13.9. The summed E-state index contributed by atoms with van der Waals surface area (Å²) < 4.78 is 0. The molecule has 1 N–H and O–H groups in total. The van der Waals surface area contributed by atoms with Gasteiger partial charge in [0.25, 0.3) is 11.6 Å². The zero-order chi connectivity index (χ0) is 18.5. The molecule has 0 radical (unpaired) electrons. The number of carbonyl (C=O) groups is 1. The highest BCUT2D eigenvalue weighted by Crippen LogP contribution is 2.27. The minimum absolute atomic E-state index is 0.0207. The van der Waals surface area contributed by atoms with Gasteiger partial charge in [0, 0.05) is 6.07 Å². The van der Waals surface area contributed by atoms with Crippen molar-refractivity contribution in [2.45, 2.75) is 6.92 Å². The fourth-order valence-electron chi connectivity index (χ4n) is 2.34. The Bertz CT molecular complexity index is 964. The lowest BCUT2D eigenvalue weighted by Gasteiger charge is -1.97. The molecule has 7 heteroatoms. The van der Waals surface area contributed by atoms with Crippen LogP contribution in [0.25, 0.3) is 6.08 Å². The summed E-state index contributed by atoms with van der Waals surface area (Å²) in [5, 5.41) is 14.2. The fourth-order valence-corrected chi connectivity index (χ4v) is 3.14. The van der Waals surface area contributed by atoms with Crippen molar-refractivity contribution in [2.75, 3.05) is 0 Å². The van der Waals surface area contributed by atoms with Crippen LogP contribution in [0.4, 0.5) is 11.4 Å². The summed E-state index contributed by atoms with van der Waals surface area (Å²) in [4.78, 5) is 27.5. The number of amides is 1. The van der Waals surface area contributed by atoms with E-state index in [0.717, 1.165) is 11.3 Å². The number of nitrogens with one attached hydrogen (secondary N) is 1. The summed E-state index contributed by atoms with van der Waals surface area (Å²) >= 11 is 1.23. The third kappa shape index (κ3) is 4.25. The van der Waals surface area contributed by atoms with E-state index < -0.39 is 4.92 Å². The molecule has 1 aliphatic heterocycles. The molecule has 3 rings (SSSR count). The number of hydrogen-bond donors (Lipinski definition) is 1. The van der Waals surface area contributed by atoms with Crippen molar-refractivity contribution in [3.8, 4) is 0 Å². The highest BCUT2D eigenvalue weighted by molar-refractivity contribution is 8.18. The van der Waals surface area contributed by atoms with Crippen LogP contribution in [0.1, 0.15) is 11.1 Å². The van der Waals surface area contributed by atoms with Crippen LogP contribution in [0.15, 0.2) is 70.6 Å². The lowest BCUT2D eigenvalue weighted by molar-refractivity contribution is -0.385. The molecule has 0 aliphatic carbocycles. The van der Waals surface area contributed by atoms with Crippen molar-refractivity contribution in [1.82, 2.24) is 5.32 Å². The molecular weight excluding hydrogens is 350 g/mol. The van der Waals surface area contributed by atoms with E-state index in [0.29, 0.717) is 15.6 Å². The molecule has 2 aromatic carbocycles. The van der Waals surface area contributed by atoms with Gasteiger partial charge in [-0.15, -0.1) is 0 Å². The average Bonchev–Trinajstić information content (AvgIpc) is 2.94. The molecule has 0 spiro atoms. The molecule has 1 saturated heterocycles. The first kappa shape index (κ1) is 17.6. The number of thioether (sulfide) groups is 1. The van der Waals surface area contributed by atoms with Gasteiger partial charge in [-0.25, -0.2) is 4.99 Å². The fraction of sp³-hybridized carbons (Fsp3) is 0.0526. The van der Waals surface area contributed by atoms with E-state index >= 15 is 0 Å². The Morgan fingerprint density at radius 1 is 1.19 bits per heavy atom. The Hall–Kier alpha value is -3.19. The van der Waals surface area contributed by atoms with Crippen molar-refractivity contribution in [2.24, 2.45) is 4.99 Å². The molecule has 0 unspecified atom stereocenters. The quantitative estimate of drug-likeness (QED) is 0.496. The average molecular weight is 365 g/mol. The van der Waals surface area contributed by atoms with Crippen LogP contribution in [0.3, 0.4) is 0 Å². The van der Waals surface area contributed by atoms with Gasteiger partial charge < -0.3 is 5.32 Å². The molecule has 0 saturated carbocycles. The summed E-state index contributed by atoms with van der Waals surface area (Å²) in [6.45, 7) is 1.98. The molecule has 1 aliphatic rings. The van der Waals surface area contributed by atoms with Gasteiger partial charge in [-0.05, 0) is 54.6 Å². The van der Waals surface area contributed by atoms with Crippen LogP contribution in [0.5, 0.6) is 0 Å². The number of amidine groups is 1. The second-order valence-electron chi connectivity index (χ2n) is 5.52. The van der Waals surface area contributed by atoms with E-state index in [1.165, 1.54) is 17.8 Å². The number of para-hydroxylation sites is 1. The topological polar surface area (TPSA) is 84.6 Å². The molecule has 6 nitrogen and oxygen atoms in total. The minimum atomic E-state index is -0.434. The van der Waals surface area contributed by atoms with Crippen LogP contribution in [0, 0.1) is 17.0 Å². The standard InChI is InChI=1S/C19H15N3O3S/c1-13-6-4-9-15(12-13)20-19-21-18(23)17(26-19)11-5-8-14-7-2-3-10-16(14)22(24)25/h2-12H,1H3,(H,20,21,23)/b8-5+,17-11+. The number of nitrogens with zero attached hydrogens (tertiary/aromatic N) is 2. The monoisotopic (exact) mass is 365 g/mol. The second kappa shape index (κ2) is 7.79. The zero-order valence-corrected chi connectivity index (χ0v) is 14.7. The Kier molecular flexibility index (Phi) is 5.28. The van der Waals surface area contributed by atoms with Gasteiger partial charge in [0.15, 0.2) is 5.17 Å². The van der Waals surface area contributed by atoms with Crippen molar-refractivity contribution < 1.29 is 9.72 Å². The van der Waals surface area contributed by atoms with Gasteiger partial charge in [-0.1, -0.05) is 30.3 Å². The maximum atomic E-state index is 12.0. The van der Waals surface area contributed by atoms with Gasteiger partial charge >= 0.3 is 0 Å². The number of nitro groups is 1. The van der Waals surface area contributed by atoms with E-state index in [9.17, 15) is 14.9 Å². The van der Waals surface area contributed by atoms with Crippen molar-refractivity contribution in [3.05, 3.63) is 86.8 Å². The number of aryl methyl sites for hydroxylation is 1. The first-order valence-corrected chi connectivity index (χ1v) is 8.61. The summed E-state index contributed by atoms with van der Waals surface area (Å²) in [7, 11) is 0. The number of allylic oxidation sites excluding steroid dienone is 2. The third-order valence-corrected chi connectivity index (χ3v) is 4.47. The number of rotatable bonds is 4.